The fourth-order valence-electron chi connectivity index (χ4n) is 4.15. The highest BCUT2D eigenvalue weighted by molar-refractivity contribution is 5.49. The van der Waals surface area contributed by atoms with Gasteiger partial charge in [-0.15, -0.1) is 0 Å². The summed E-state index contributed by atoms with van der Waals surface area (Å²) in [5, 5.41) is 3.20. The fraction of sp³-hybridized carbons (Fsp3) is 0.600. The summed E-state index contributed by atoms with van der Waals surface area (Å²) in [5.41, 5.74) is 1.09. The maximum Gasteiger partial charge on any atom is 0.150 e. The molecular weight excluding hydrogens is 340 g/mol. The van der Waals surface area contributed by atoms with Crippen molar-refractivity contribution in [1.29, 1.82) is 0 Å². The molecule has 0 unspecified atom stereocenters. The van der Waals surface area contributed by atoms with Gasteiger partial charge in [0.25, 0.3) is 0 Å². The largest absolute Gasteiger partial charge is 0.381 e. The lowest BCUT2D eigenvalue weighted by molar-refractivity contribution is 0.0452. The van der Waals surface area contributed by atoms with E-state index < -0.39 is 0 Å². The van der Waals surface area contributed by atoms with E-state index in [0.29, 0.717) is 11.7 Å². The third-order valence-electron chi connectivity index (χ3n) is 5.50. The van der Waals surface area contributed by atoms with E-state index in [0.717, 1.165) is 37.1 Å². The molecule has 27 heavy (non-hydrogen) atoms. The van der Waals surface area contributed by atoms with E-state index in [1.54, 1.807) is 24.9 Å². The Morgan fingerprint density at radius 1 is 1.04 bits per heavy atom. The van der Waals surface area contributed by atoms with E-state index in [9.17, 15) is 0 Å². The first-order chi connectivity index (χ1) is 13.3. The third kappa shape index (κ3) is 5.43. The van der Waals surface area contributed by atoms with Gasteiger partial charge in [0.2, 0.25) is 0 Å². The van der Waals surface area contributed by atoms with E-state index in [2.05, 4.69) is 30.2 Å². The molecule has 2 aromatic rings. The van der Waals surface area contributed by atoms with Gasteiger partial charge in [0, 0.05) is 50.5 Å². The van der Waals surface area contributed by atoms with Crippen LogP contribution < -0.4 is 5.32 Å². The highest BCUT2D eigenvalue weighted by atomic mass is 16.5. The standard InChI is InChI=1S/C20H28N6O/c1-2-17(14-26(7-1)13-16-3-8-27-9-4-16)10-18-11-19(24-15-23-18)25-20-12-21-5-6-22-20/h5-6,11-12,15-17H,1-4,7-10,13-14H2,(H,22,23,24,25)/t17-/m1/s1. The van der Waals surface area contributed by atoms with E-state index in [4.69, 9.17) is 4.74 Å². The van der Waals surface area contributed by atoms with Crippen molar-refractivity contribution in [3.05, 3.63) is 36.7 Å². The zero-order valence-electron chi connectivity index (χ0n) is 15.8. The summed E-state index contributed by atoms with van der Waals surface area (Å²) in [7, 11) is 0. The van der Waals surface area contributed by atoms with Crippen LogP contribution in [0.4, 0.5) is 11.6 Å². The van der Waals surface area contributed by atoms with E-state index in [1.165, 1.54) is 45.3 Å². The molecule has 7 nitrogen and oxygen atoms in total. The first-order valence-corrected chi connectivity index (χ1v) is 9.99. The first kappa shape index (κ1) is 18.3. The lowest BCUT2D eigenvalue weighted by Crippen LogP contribution is -2.40. The van der Waals surface area contributed by atoms with Crippen molar-refractivity contribution in [2.24, 2.45) is 11.8 Å². The highest BCUT2D eigenvalue weighted by Gasteiger charge is 2.24. The summed E-state index contributed by atoms with van der Waals surface area (Å²) in [4.78, 5) is 19.8. The predicted molar refractivity (Wildman–Crippen MR) is 104 cm³/mol. The average molecular weight is 368 g/mol. The lowest BCUT2D eigenvalue weighted by atomic mass is 9.91. The monoisotopic (exact) mass is 368 g/mol. The molecule has 0 saturated carbocycles. The van der Waals surface area contributed by atoms with Crippen molar-refractivity contribution in [3.8, 4) is 0 Å². The molecule has 0 amide bonds. The van der Waals surface area contributed by atoms with Crippen LogP contribution in [-0.2, 0) is 11.2 Å². The molecule has 2 aromatic heterocycles. The molecule has 1 atom stereocenters. The molecule has 4 heterocycles. The zero-order chi connectivity index (χ0) is 18.3. The minimum absolute atomic E-state index is 0.665. The second-order valence-corrected chi connectivity index (χ2v) is 7.64. The van der Waals surface area contributed by atoms with Gasteiger partial charge >= 0.3 is 0 Å². The van der Waals surface area contributed by atoms with Crippen molar-refractivity contribution in [1.82, 2.24) is 24.8 Å². The number of nitrogens with zero attached hydrogens (tertiary/aromatic N) is 5. The van der Waals surface area contributed by atoms with E-state index in [1.807, 2.05) is 6.07 Å². The van der Waals surface area contributed by atoms with Gasteiger partial charge in [0.1, 0.15) is 18.0 Å². The second-order valence-electron chi connectivity index (χ2n) is 7.64. The van der Waals surface area contributed by atoms with Gasteiger partial charge < -0.3 is 15.0 Å². The molecule has 2 aliphatic heterocycles. The topological polar surface area (TPSA) is 76.1 Å². The number of piperidine rings is 1. The summed E-state index contributed by atoms with van der Waals surface area (Å²) >= 11 is 0. The molecule has 4 rings (SSSR count). The Hall–Kier alpha value is -2.12. The minimum atomic E-state index is 0.665. The molecule has 2 fully saturated rings. The van der Waals surface area contributed by atoms with Crippen LogP contribution in [0.3, 0.4) is 0 Å². The van der Waals surface area contributed by atoms with Crippen LogP contribution >= 0.6 is 0 Å². The van der Waals surface area contributed by atoms with Crippen LogP contribution in [-0.4, -0.2) is 57.7 Å². The Labute approximate surface area is 160 Å². The molecule has 0 aromatic carbocycles. The zero-order valence-corrected chi connectivity index (χ0v) is 15.8. The number of nitrogens with one attached hydrogen (secondary N) is 1. The lowest BCUT2D eigenvalue weighted by Gasteiger charge is -2.36. The number of ether oxygens (including phenoxy) is 1. The Morgan fingerprint density at radius 3 is 2.81 bits per heavy atom. The summed E-state index contributed by atoms with van der Waals surface area (Å²) in [6.45, 7) is 5.50. The maximum atomic E-state index is 5.50. The molecular formula is C20H28N6O. The van der Waals surface area contributed by atoms with Crippen LogP contribution in [0.2, 0.25) is 0 Å². The van der Waals surface area contributed by atoms with Gasteiger partial charge in [-0.05, 0) is 50.5 Å². The molecule has 144 valence electrons. The van der Waals surface area contributed by atoms with Gasteiger partial charge in [-0.2, -0.15) is 0 Å². The molecule has 1 N–H and O–H groups in total. The number of anilines is 2. The van der Waals surface area contributed by atoms with Crippen LogP contribution in [0, 0.1) is 11.8 Å². The molecule has 0 radical (unpaired) electrons. The van der Waals surface area contributed by atoms with Crippen LogP contribution in [0.5, 0.6) is 0 Å². The molecule has 0 aliphatic carbocycles. The highest BCUT2D eigenvalue weighted by Crippen LogP contribution is 2.24. The Bertz CT molecular complexity index is 707. The van der Waals surface area contributed by atoms with Crippen LogP contribution in [0.25, 0.3) is 0 Å². The number of likely N-dealkylation sites (tertiary alicyclic amines) is 1. The Kier molecular flexibility index (Phi) is 6.21. The van der Waals surface area contributed by atoms with Gasteiger partial charge in [0.15, 0.2) is 0 Å². The number of hydrogen-bond acceptors (Lipinski definition) is 7. The Morgan fingerprint density at radius 2 is 1.96 bits per heavy atom. The van der Waals surface area contributed by atoms with Crippen molar-refractivity contribution in [2.75, 3.05) is 38.2 Å². The van der Waals surface area contributed by atoms with Crippen LogP contribution in [0.15, 0.2) is 31.0 Å². The fourth-order valence-corrected chi connectivity index (χ4v) is 4.15. The second kappa shape index (κ2) is 9.19. The molecule has 0 bridgehead atoms. The van der Waals surface area contributed by atoms with Crippen molar-refractivity contribution in [2.45, 2.75) is 32.1 Å². The van der Waals surface area contributed by atoms with Crippen LogP contribution in [0.1, 0.15) is 31.4 Å². The van der Waals surface area contributed by atoms with Gasteiger partial charge in [0.05, 0.1) is 6.20 Å². The summed E-state index contributed by atoms with van der Waals surface area (Å²) in [6.07, 6.45) is 12.6. The SMILES string of the molecule is c1cnc(Nc2cc(C[C@H]3CCCN(CC4CCOCC4)C3)ncn2)cn1. The molecule has 2 aliphatic rings. The number of rotatable bonds is 6. The van der Waals surface area contributed by atoms with Crippen molar-refractivity contribution in [3.63, 3.8) is 0 Å². The van der Waals surface area contributed by atoms with Crippen molar-refractivity contribution >= 4 is 11.6 Å². The predicted octanol–water partition coefficient (Wildman–Crippen LogP) is 2.69. The quantitative estimate of drug-likeness (QED) is 0.840. The van der Waals surface area contributed by atoms with Gasteiger partial charge in [-0.1, -0.05) is 0 Å². The maximum absolute atomic E-state index is 5.50. The summed E-state index contributed by atoms with van der Waals surface area (Å²) < 4.78 is 5.50. The first-order valence-electron chi connectivity index (χ1n) is 9.99. The Balaban J connectivity index is 1.32. The number of aromatic nitrogens is 4. The normalized spacial score (nSPS) is 21.9. The van der Waals surface area contributed by atoms with E-state index in [-0.39, 0.29) is 0 Å². The summed E-state index contributed by atoms with van der Waals surface area (Å²) in [6, 6.07) is 2.03. The smallest absolute Gasteiger partial charge is 0.150 e. The molecule has 0 spiro atoms. The molecule has 7 heteroatoms. The average Bonchev–Trinajstić information content (AvgIpc) is 2.70. The summed E-state index contributed by atoms with van der Waals surface area (Å²) in [5.74, 6) is 2.94. The third-order valence-corrected chi connectivity index (χ3v) is 5.50. The van der Waals surface area contributed by atoms with E-state index >= 15 is 0 Å². The van der Waals surface area contributed by atoms with Crippen molar-refractivity contribution < 1.29 is 4.74 Å². The van der Waals surface area contributed by atoms with Gasteiger partial charge in [-0.25, -0.2) is 15.0 Å². The molecule has 2 saturated heterocycles. The minimum Gasteiger partial charge on any atom is -0.381 e. The van der Waals surface area contributed by atoms with Gasteiger partial charge in [-0.3, -0.25) is 4.98 Å². The number of hydrogen-bond donors (Lipinski definition) is 1.